The van der Waals surface area contributed by atoms with Crippen LogP contribution >= 0.6 is 0 Å². The molecule has 1 amide bonds. The van der Waals surface area contributed by atoms with Gasteiger partial charge in [0.25, 0.3) is 5.91 Å². The van der Waals surface area contributed by atoms with Gasteiger partial charge in [-0.2, -0.15) is 5.26 Å². The summed E-state index contributed by atoms with van der Waals surface area (Å²) in [5, 5.41) is 9.92. The molecule has 1 aromatic heterocycles. The number of nitrogens with zero attached hydrogens (tertiary/aromatic N) is 4. The highest BCUT2D eigenvalue weighted by Crippen LogP contribution is 2.22. The van der Waals surface area contributed by atoms with Gasteiger partial charge in [-0.15, -0.1) is 0 Å². The first-order chi connectivity index (χ1) is 11.3. The SMILES string of the molecule is CC(C)(Cc1ccnc(C#N)n1)CN(N)C(=O)c1cccc(F)c1. The molecule has 2 aromatic rings. The molecular formula is C17H18FN5O. The van der Waals surface area contributed by atoms with Crippen LogP contribution in [0.25, 0.3) is 0 Å². The van der Waals surface area contributed by atoms with Gasteiger partial charge in [-0.1, -0.05) is 19.9 Å². The van der Waals surface area contributed by atoms with Gasteiger partial charge in [0, 0.05) is 24.0 Å². The van der Waals surface area contributed by atoms with Crippen molar-refractivity contribution in [2.75, 3.05) is 6.54 Å². The van der Waals surface area contributed by atoms with E-state index in [4.69, 9.17) is 11.1 Å². The zero-order valence-electron chi connectivity index (χ0n) is 13.5. The number of nitriles is 1. The highest BCUT2D eigenvalue weighted by molar-refractivity contribution is 5.93. The lowest BCUT2D eigenvalue weighted by Gasteiger charge is -2.29. The number of hydrogen-bond acceptors (Lipinski definition) is 5. The van der Waals surface area contributed by atoms with Gasteiger partial charge in [0.15, 0.2) is 0 Å². The van der Waals surface area contributed by atoms with E-state index in [0.717, 1.165) is 11.1 Å². The third kappa shape index (κ3) is 4.57. The van der Waals surface area contributed by atoms with Crippen LogP contribution in [-0.2, 0) is 6.42 Å². The van der Waals surface area contributed by atoms with Crippen molar-refractivity contribution in [2.24, 2.45) is 11.3 Å². The molecule has 24 heavy (non-hydrogen) atoms. The van der Waals surface area contributed by atoms with E-state index in [1.54, 1.807) is 6.07 Å². The standard InChI is InChI=1S/C17H18FN5O/c1-17(2,9-14-6-7-21-15(10-19)22-14)11-23(20)16(24)12-4-3-5-13(18)8-12/h3-8H,9,11,20H2,1-2H3. The first kappa shape index (κ1) is 17.5. The van der Waals surface area contributed by atoms with Gasteiger partial charge in [-0.25, -0.2) is 20.2 Å². The van der Waals surface area contributed by atoms with Crippen LogP contribution in [0.4, 0.5) is 4.39 Å². The second kappa shape index (κ2) is 7.15. The second-order valence-corrected chi connectivity index (χ2v) is 6.27. The van der Waals surface area contributed by atoms with E-state index in [2.05, 4.69) is 9.97 Å². The molecule has 0 saturated heterocycles. The first-order valence-corrected chi connectivity index (χ1v) is 7.35. The Hall–Kier alpha value is -2.85. The maximum Gasteiger partial charge on any atom is 0.267 e. The van der Waals surface area contributed by atoms with Crippen molar-refractivity contribution in [2.45, 2.75) is 20.3 Å². The Morgan fingerprint density at radius 3 is 2.83 bits per heavy atom. The third-order valence-electron chi connectivity index (χ3n) is 3.40. The van der Waals surface area contributed by atoms with E-state index in [1.165, 1.54) is 24.4 Å². The number of carbonyl (C=O) groups excluding carboxylic acids is 1. The van der Waals surface area contributed by atoms with Crippen molar-refractivity contribution in [1.29, 1.82) is 5.26 Å². The van der Waals surface area contributed by atoms with Gasteiger partial charge in [0.05, 0.1) is 0 Å². The minimum atomic E-state index is -0.487. The van der Waals surface area contributed by atoms with E-state index in [-0.39, 0.29) is 17.9 Å². The Morgan fingerprint density at radius 1 is 1.42 bits per heavy atom. The van der Waals surface area contributed by atoms with Crippen LogP contribution in [0.1, 0.15) is 35.7 Å². The van der Waals surface area contributed by atoms with Crippen molar-refractivity contribution in [3.63, 3.8) is 0 Å². The smallest absolute Gasteiger partial charge is 0.267 e. The van der Waals surface area contributed by atoms with Crippen molar-refractivity contribution in [3.05, 3.63) is 59.4 Å². The van der Waals surface area contributed by atoms with Gasteiger partial charge >= 0.3 is 0 Å². The summed E-state index contributed by atoms with van der Waals surface area (Å²) in [6.07, 6.45) is 2.03. The maximum absolute atomic E-state index is 13.2. The molecule has 0 aliphatic carbocycles. The van der Waals surface area contributed by atoms with Crippen molar-refractivity contribution < 1.29 is 9.18 Å². The Kier molecular flexibility index (Phi) is 5.21. The predicted molar refractivity (Wildman–Crippen MR) is 85.9 cm³/mol. The molecule has 2 rings (SSSR count). The number of nitrogens with two attached hydrogens (primary N) is 1. The first-order valence-electron chi connectivity index (χ1n) is 7.35. The lowest BCUT2D eigenvalue weighted by Crippen LogP contribution is -2.44. The molecule has 0 spiro atoms. The number of halogens is 1. The molecule has 2 N–H and O–H groups in total. The minimum Gasteiger partial charge on any atom is -0.276 e. The number of aromatic nitrogens is 2. The van der Waals surface area contributed by atoms with Crippen molar-refractivity contribution in [1.82, 2.24) is 15.0 Å². The van der Waals surface area contributed by atoms with E-state index in [0.29, 0.717) is 12.1 Å². The fourth-order valence-corrected chi connectivity index (χ4v) is 2.41. The van der Waals surface area contributed by atoms with Crippen LogP contribution < -0.4 is 5.84 Å². The van der Waals surface area contributed by atoms with Crippen LogP contribution in [0.3, 0.4) is 0 Å². The number of rotatable bonds is 5. The Balaban J connectivity index is 2.07. The Morgan fingerprint density at radius 2 is 2.17 bits per heavy atom. The van der Waals surface area contributed by atoms with Crippen molar-refractivity contribution in [3.8, 4) is 6.07 Å². The van der Waals surface area contributed by atoms with E-state index >= 15 is 0 Å². The number of benzene rings is 1. The molecule has 7 heteroatoms. The van der Waals surface area contributed by atoms with Crippen LogP contribution in [0, 0.1) is 22.6 Å². The summed E-state index contributed by atoms with van der Waals surface area (Å²) in [4.78, 5) is 20.3. The molecule has 0 atom stereocenters. The summed E-state index contributed by atoms with van der Waals surface area (Å²) in [6, 6.07) is 9.01. The van der Waals surface area contributed by atoms with Crippen LogP contribution in [0.15, 0.2) is 36.5 Å². The van der Waals surface area contributed by atoms with Crippen LogP contribution in [0.5, 0.6) is 0 Å². The topological polar surface area (TPSA) is 95.9 Å². The van der Waals surface area contributed by atoms with Crippen molar-refractivity contribution >= 4 is 5.91 Å². The molecule has 0 fully saturated rings. The predicted octanol–water partition coefficient (Wildman–Crippen LogP) is 2.07. The molecular weight excluding hydrogens is 309 g/mol. The molecule has 0 aliphatic rings. The van der Waals surface area contributed by atoms with Gasteiger partial charge in [0.2, 0.25) is 5.82 Å². The van der Waals surface area contributed by atoms with Gasteiger partial charge < -0.3 is 0 Å². The van der Waals surface area contributed by atoms with Crippen LogP contribution in [0.2, 0.25) is 0 Å². The molecule has 0 bridgehead atoms. The quantitative estimate of drug-likeness (QED) is 0.515. The molecule has 0 unspecified atom stereocenters. The molecule has 0 saturated carbocycles. The van der Waals surface area contributed by atoms with E-state index < -0.39 is 17.1 Å². The van der Waals surface area contributed by atoms with E-state index in [9.17, 15) is 9.18 Å². The minimum absolute atomic E-state index is 0.101. The van der Waals surface area contributed by atoms with Gasteiger partial charge in [-0.3, -0.25) is 9.80 Å². The average molecular weight is 327 g/mol. The normalized spacial score (nSPS) is 11.0. The molecule has 1 aromatic carbocycles. The zero-order valence-corrected chi connectivity index (χ0v) is 13.5. The monoisotopic (exact) mass is 327 g/mol. The lowest BCUT2D eigenvalue weighted by atomic mass is 9.87. The van der Waals surface area contributed by atoms with Gasteiger partial charge in [-0.05, 0) is 36.1 Å². The molecule has 6 nitrogen and oxygen atoms in total. The summed E-state index contributed by atoms with van der Waals surface area (Å²) in [5.74, 6) is 5.03. The number of amides is 1. The number of hydrazine groups is 1. The number of hydrogen-bond donors (Lipinski definition) is 1. The molecule has 124 valence electrons. The summed E-state index contributed by atoms with van der Waals surface area (Å²) in [7, 11) is 0. The fourth-order valence-electron chi connectivity index (χ4n) is 2.41. The molecule has 0 radical (unpaired) electrons. The second-order valence-electron chi connectivity index (χ2n) is 6.27. The summed E-state index contributed by atoms with van der Waals surface area (Å²) in [6.45, 7) is 4.11. The summed E-state index contributed by atoms with van der Waals surface area (Å²) in [5.41, 5.74) is 0.499. The molecule has 0 aliphatic heterocycles. The van der Waals surface area contributed by atoms with Gasteiger partial charge in [0.1, 0.15) is 11.9 Å². The number of carbonyl (C=O) groups is 1. The Bertz CT molecular complexity index is 785. The third-order valence-corrected chi connectivity index (χ3v) is 3.40. The summed E-state index contributed by atoms with van der Waals surface area (Å²) < 4.78 is 13.2. The highest BCUT2D eigenvalue weighted by Gasteiger charge is 2.25. The highest BCUT2D eigenvalue weighted by atomic mass is 19.1. The maximum atomic E-state index is 13.2. The largest absolute Gasteiger partial charge is 0.276 e. The van der Waals surface area contributed by atoms with Crippen LogP contribution in [-0.4, -0.2) is 27.4 Å². The summed E-state index contributed by atoms with van der Waals surface area (Å²) >= 11 is 0. The zero-order chi connectivity index (χ0) is 17.7. The molecule has 1 heterocycles. The lowest BCUT2D eigenvalue weighted by molar-refractivity contribution is 0.0682. The van der Waals surface area contributed by atoms with E-state index in [1.807, 2.05) is 19.9 Å². The fraction of sp³-hybridized carbons (Fsp3) is 0.294. The average Bonchev–Trinajstić information content (AvgIpc) is 2.53. The Labute approximate surface area is 139 Å².